The highest BCUT2D eigenvalue weighted by Gasteiger charge is 2.15. The van der Waals surface area contributed by atoms with Gasteiger partial charge >= 0.3 is 5.95 Å². The molecule has 2 aromatic rings. The lowest BCUT2D eigenvalue weighted by atomic mass is 10.4. The van der Waals surface area contributed by atoms with Crippen LogP contribution in [0.25, 0.3) is 0 Å². The van der Waals surface area contributed by atoms with E-state index in [1.165, 1.54) is 21.6 Å². The van der Waals surface area contributed by atoms with E-state index in [1.807, 2.05) is 0 Å². The number of rotatable bonds is 5. The van der Waals surface area contributed by atoms with Crippen LogP contribution in [0.5, 0.6) is 0 Å². The standard InChI is InChI=1S/C8H10N6O3/c15-4-3-13-6-7(10-11-13)5-12-2-1-9-8(12)14(16)17/h1-2,6,15H,3-5H2. The quantitative estimate of drug-likeness (QED) is 0.551. The van der Waals surface area contributed by atoms with E-state index in [-0.39, 0.29) is 19.1 Å². The largest absolute Gasteiger partial charge is 0.434 e. The van der Waals surface area contributed by atoms with Gasteiger partial charge in [0, 0.05) is 0 Å². The monoisotopic (exact) mass is 238 g/mol. The first kappa shape index (κ1) is 11.2. The molecule has 0 saturated heterocycles. The lowest BCUT2D eigenvalue weighted by molar-refractivity contribution is -0.396. The lowest BCUT2D eigenvalue weighted by Crippen LogP contribution is -2.04. The van der Waals surface area contributed by atoms with Gasteiger partial charge in [0.05, 0.1) is 19.3 Å². The van der Waals surface area contributed by atoms with Crippen LogP contribution in [0.2, 0.25) is 0 Å². The molecule has 0 aromatic carbocycles. The number of aliphatic hydroxyl groups excluding tert-OH is 1. The molecule has 90 valence electrons. The number of nitro groups is 1. The van der Waals surface area contributed by atoms with E-state index in [1.54, 1.807) is 6.20 Å². The molecule has 0 radical (unpaired) electrons. The maximum Gasteiger partial charge on any atom is 0.434 e. The topological polar surface area (TPSA) is 112 Å². The Labute approximate surface area is 95.5 Å². The van der Waals surface area contributed by atoms with Crippen LogP contribution in [0, 0.1) is 10.1 Å². The summed E-state index contributed by atoms with van der Waals surface area (Å²) in [7, 11) is 0. The van der Waals surface area contributed by atoms with Crippen molar-refractivity contribution in [3.63, 3.8) is 0 Å². The minimum atomic E-state index is -0.557. The van der Waals surface area contributed by atoms with Gasteiger partial charge in [0.15, 0.2) is 0 Å². The zero-order valence-corrected chi connectivity index (χ0v) is 8.80. The maximum absolute atomic E-state index is 10.6. The van der Waals surface area contributed by atoms with Crippen LogP contribution in [0.3, 0.4) is 0 Å². The van der Waals surface area contributed by atoms with Crippen molar-refractivity contribution in [2.24, 2.45) is 0 Å². The van der Waals surface area contributed by atoms with Crippen molar-refractivity contribution < 1.29 is 10.0 Å². The van der Waals surface area contributed by atoms with Crippen molar-refractivity contribution in [3.05, 3.63) is 34.4 Å². The van der Waals surface area contributed by atoms with Crippen LogP contribution in [0.4, 0.5) is 5.95 Å². The fourth-order valence-corrected chi connectivity index (χ4v) is 1.39. The molecule has 2 aromatic heterocycles. The molecular formula is C8H10N6O3. The zero-order chi connectivity index (χ0) is 12.3. The third kappa shape index (κ3) is 2.45. The van der Waals surface area contributed by atoms with Crippen molar-refractivity contribution in [1.82, 2.24) is 24.5 Å². The van der Waals surface area contributed by atoms with E-state index in [0.717, 1.165) is 0 Å². The second-order valence-electron chi connectivity index (χ2n) is 3.31. The molecule has 0 bridgehead atoms. The van der Waals surface area contributed by atoms with Gasteiger partial charge in [-0.3, -0.25) is 0 Å². The van der Waals surface area contributed by atoms with E-state index < -0.39 is 4.92 Å². The molecule has 1 N–H and O–H groups in total. The minimum Gasteiger partial charge on any atom is -0.394 e. The Morgan fingerprint density at radius 2 is 2.35 bits per heavy atom. The number of aromatic nitrogens is 5. The molecule has 9 nitrogen and oxygen atoms in total. The predicted octanol–water partition coefficient (Wildman–Crippen LogP) is -0.577. The lowest BCUT2D eigenvalue weighted by Gasteiger charge is -1.97. The molecule has 2 heterocycles. The summed E-state index contributed by atoms with van der Waals surface area (Å²) in [5.74, 6) is -0.235. The molecule has 0 unspecified atom stereocenters. The van der Waals surface area contributed by atoms with E-state index in [9.17, 15) is 10.1 Å². The Kier molecular flexibility index (Phi) is 3.10. The highest BCUT2D eigenvalue weighted by molar-refractivity contribution is 5.09. The summed E-state index contributed by atoms with van der Waals surface area (Å²) in [5, 5.41) is 26.9. The van der Waals surface area contributed by atoms with Gasteiger partial charge in [0.25, 0.3) is 0 Å². The summed E-state index contributed by atoms with van der Waals surface area (Å²) >= 11 is 0. The predicted molar refractivity (Wildman–Crippen MR) is 55.1 cm³/mol. The number of hydrogen-bond donors (Lipinski definition) is 1. The van der Waals surface area contributed by atoms with E-state index in [2.05, 4.69) is 15.3 Å². The summed E-state index contributed by atoms with van der Waals surface area (Å²) < 4.78 is 2.84. The Hall–Kier alpha value is -2.29. The summed E-state index contributed by atoms with van der Waals surface area (Å²) in [6.45, 7) is 0.536. The van der Waals surface area contributed by atoms with Crippen molar-refractivity contribution in [2.75, 3.05) is 6.61 Å². The normalized spacial score (nSPS) is 10.6. The number of imidazole rings is 1. The average molecular weight is 238 g/mol. The molecule has 0 fully saturated rings. The molecule has 0 saturated carbocycles. The first-order valence-electron chi connectivity index (χ1n) is 4.86. The highest BCUT2D eigenvalue weighted by atomic mass is 16.6. The van der Waals surface area contributed by atoms with Crippen LogP contribution in [0.15, 0.2) is 18.6 Å². The molecular weight excluding hydrogens is 228 g/mol. The molecule has 0 spiro atoms. The van der Waals surface area contributed by atoms with Gasteiger partial charge in [-0.05, 0) is 4.92 Å². The molecule has 0 atom stereocenters. The van der Waals surface area contributed by atoms with Crippen molar-refractivity contribution >= 4 is 5.95 Å². The van der Waals surface area contributed by atoms with E-state index in [0.29, 0.717) is 12.2 Å². The van der Waals surface area contributed by atoms with Crippen molar-refractivity contribution in [2.45, 2.75) is 13.1 Å². The third-order valence-electron chi connectivity index (χ3n) is 2.10. The molecule has 17 heavy (non-hydrogen) atoms. The van der Waals surface area contributed by atoms with Gasteiger partial charge in [-0.25, -0.2) is 9.25 Å². The van der Waals surface area contributed by atoms with Gasteiger partial charge in [0.2, 0.25) is 0 Å². The van der Waals surface area contributed by atoms with Crippen LogP contribution >= 0.6 is 0 Å². The van der Waals surface area contributed by atoms with Gasteiger partial charge < -0.3 is 15.2 Å². The maximum atomic E-state index is 10.6. The van der Waals surface area contributed by atoms with Crippen molar-refractivity contribution in [1.29, 1.82) is 0 Å². The second-order valence-corrected chi connectivity index (χ2v) is 3.31. The van der Waals surface area contributed by atoms with Crippen molar-refractivity contribution in [3.8, 4) is 0 Å². The first-order chi connectivity index (χ1) is 8.20. The smallest absolute Gasteiger partial charge is 0.394 e. The highest BCUT2D eigenvalue weighted by Crippen LogP contribution is 2.09. The first-order valence-corrected chi connectivity index (χ1v) is 4.86. The summed E-state index contributed by atoms with van der Waals surface area (Å²) in [4.78, 5) is 13.7. The van der Waals surface area contributed by atoms with Crippen LogP contribution < -0.4 is 0 Å². The fraction of sp³-hybridized carbons (Fsp3) is 0.375. The fourth-order valence-electron chi connectivity index (χ4n) is 1.39. The molecule has 2 rings (SSSR count). The average Bonchev–Trinajstić information content (AvgIpc) is 2.89. The zero-order valence-electron chi connectivity index (χ0n) is 8.80. The summed E-state index contributed by atoms with van der Waals surface area (Å²) in [6, 6.07) is 0. The molecule has 0 aliphatic rings. The Balaban J connectivity index is 2.14. The molecule has 0 aliphatic carbocycles. The number of nitrogens with zero attached hydrogens (tertiary/aromatic N) is 6. The van der Waals surface area contributed by atoms with Crippen LogP contribution in [-0.4, -0.2) is 41.2 Å². The van der Waals surface area contributed by atoms with Gasteiger partial charge in [0.1, 0.15) is 24.6 Å². The number of hydrogen-bond acceptors (Lipinski definition) is 6. The Bertz CT molecular complexity index is 519. The third-order valence-corrected chi connectivity index (χ3v) is 2.10. The van der Waals surface area contributed by atoms with Gasteiger partial charge in [-0.1, -0.05) is 10.2 Å². The van der Waals surface area contributed by atoms with E-state index >= 15 is 0 Å². The Morgan fingerprint density at radius 3 is 3.06 bits per heavy atom. The minimum absolute atomic E-state index is 0.0337. The van der Waals surface area contributed by atoms with Gasteiger partial charge in [-0.15, -0.1) is 5.10 Å². The SMILES string of the molecule is O=[N+]([O-])c1nccn1Cc1cn(CCO)nn1. The molecule has 0 amide bonds. The molecule has 0 aliphatic heterocycles. The molecule has 9 heteroatoms. The van der Waals surface area contributed by atoms with Crippen LogP contribution in [-0.2, 0) is 13.1 Å². The van der Waals surface area contributed by atoms with E-state index in [4.69, 9.17) is 5.11 Å². The number of aliphatic hydroxyl groups is 1. The summed E-state index contributed by atoms with van der Waals surface area (Å²) in [5.41, 5.74) is 0.569. The summed E-state index contributed by atoms with van der Waals surface area (Å²) in [6.07, 6.45) is 4.49. The van der Waals surface area contributed by atoms with Crippen LogP contribution in [0.1, 0.15) is 5.69 Å². The second kappa shape index (κ2) is 4.70. The van der Waals surface area contributed by atoms with Gasteiger partial charge in [-0.2, -0.15) is 0 Å². The Morgan fingerprint density at radius 1 is 1.53 bits per heavy atom.